The van der Waals surface area contributed by atoms with Gasteiger partial charge in [0.1, 0.15) is 17.8 Å². The highest BCUT2D eigenvalue weighted by atomic mass is 19.4. The van der Waals surface area contributed by atoms with Gasteiger partial charge in [0.2, 0.25) is 11.8 Å². The van der Waals surface area contributed by atoms with Crippen LogP contribution in [0.1, 0.15) is 11.1 Å². The van der Waals surface area contributed by atoms with E-state index >= 15 is 0 Å². The van der Waals surface area contributed by atoms with Crippen LogP contribution in [0.2, 0.25) is 0 Å². The molecule has 0 aliphatic heterocycles. The number of hydrogen-bond acceptors (Lipinski definition) is 7. The Morgan fingerprint density at radius 1 is 1.24 bits per heavy atom. The Morgan fingerprint density at radius 2 is 1.90 bits per heavy atom. The standard InChI is InChI=1S/C18H17F3N4O4/c1-9-4-11(5-10(2)14(9)28-7-13(26)27)15-23-12-6-22-17(24-16(12)29-15)25(3)8-18(19,20)21/h4-6H,7-8H2,1-3H3,(H,26,27). The molecule has 0 aliphatic rings. The Morgan fingerprint density at radius 3 is 2.48 bits per heavy atom. The predicted molar refractivity (Wildman–Crippen MR) is 97.0 cm³/mol. The van der Waals surface area contributed by atoms with E-state index in [9.17, 15) is 18.0 Å². The first-order chi connectivity index (χ1) is 13.5. The molecule has 1 aromatic carbocycles. The fraction of sp³-hybridized carbons (Fsp3) is 0.333. The van der Waals surface area contributed by atoms with Gasteiger partial charge in [-0.3, -0.25) is 0 Å². The second-order valence-corrected chi connectivity index (χ2v) is 6.47. The number of carboxylic acids is 1. The average molecular weight is 410 g/mol. The van der Waals surface area contributed by atoms with E-state index < -0.39 is 25.3 Å². The molecule has 0 unspecified atom stereocenters. The van der Waals surface area contributed by atoms with E-state index in [1.54, 1.807) is 26.0 Å². The lowest BCUT2D eigenvalue weighted by molar-refractivity contribution is -0.139. The number of hydrogen-bond donors (Lipinski definition) is 1. The van der Waals surface area contributed by atoms with Crippen molar-refractivity contribution in [3.05, 3.63) is 29.5 Å². The number of aromatic nitrogens is 3. The molecule has 2 heterocycles. The molecule has 0 saturated heterocycles. The van der Waals surface area contributed by atoms with Crippen LogP contribution in [0.5, 0.6) is 5.75 Å². The van der Waals surface area contributed by atoms with Crippen molar-refractivity contribution >= 4 is 23.1 Å². The molecule has 154 valence electrons. The number of alkyl halides is 3. The smallest absolute Gasteiger partial charge is 0.406 e. The van der Waals surface area contributed by atoms with Crippen molar-refractivity contribution in [3.8, 4) is 17.2 Å². The predicted octanol–water partition coefficient (Wildman–Crippen LogP) is 3.36. The van der Waals surface area contributed by atoms with Gasteiger partial charge in [-0.1, -0.05) is 0 Å². The van der Waals surface area contributed by atoms with Crippen molar-refractivity contribution in [2.45, 2.75) is 20.0 Å². The molecule has 8 nitrogen and oxygen atoms in total. The third-order valence-electron chi connectivity index (χ3n) is 3.94. The topological polar surface area (TPSA) is 102 Å². The van der Waals surface area contributed by atoms with E-state index in [-0.39, 0.29) is 17.6 Å². The normalized spacial score (nSPS) is 11.7. The van der Waals surface area contributed by atoms with Crippen molar-refractivity contribution in [1.82, 2.24) is 15.0 Å². The molecule has 3 aromatic rings. The summed E-state index contributed by atoms with van der Waals surface area (Å²) in [7, 11) is 1.23. The maximum absolute atomic E-state index is 12.6. The first-order valence-electron chi connectivity index (χ1n) is 8.41. The molecule has 0 atom stereocenters. The van der Waals surface area contributed by atoms with E-state index in [0.717, 1.165) is 4.90 Å². The minimum atomic E-state index is -4.39. The Balaban J connectivity index is 1.91. The van der Waals surface area contributed by atoms with Gasteiger partial charge in [0.25, 0.3) is 5.71 Å². The summed E-state index contributed by atoms with van der Waals surface area (Å²) in [4.78, 5) is 23.8. The number of anilines is 1. The number of ether oxygens (including phenoxy) is 1. The number of carboxylic acid groups (broad SMARTS) is 1. The van der Waals surface area contributed by atoms with Crippen LogP contribution in [0.4, 0.5) is 19.1 Å². The quantitative estimate of drug-likeness (QED) is 0.660. The summed E-state index contributed by atoms with van der Waals surface area (Å²) in [5.41, 5.74) is 2.30. The average Bonchev–Trinajstić information content (AvgIpc) is 3.02. The van der Waals surface area contributed by atoms with Crippen LogP contribution < -0.4 is 9.64 Å². The van der Waals surface area contributed by atoms with Crippen LogP contribution in [-0.4, -0.2) is 52.4 Å². The lowest BCUT2D eigenvalue weighted by Crippen LogP contribution is -2.32. The zero-order chi connectivity index (χ0) is 21.3. The molecule has 0 radical (unpaired) electrons. The number of carbonyl (C=O) groups is 1. The van der Waals surface area contributed by atoms with Crippen LogP contribution in [0, 0.1) is 13.8 Å². The van der Waals surface area contributed by atoms with Crippen LogP contribution in [0.15, 0.2) is 22.7 Å². The molecule has 3 rings (SSSR count). The first-order valence-corrected chi connectivity index (χ1v) is 8.41. The third kappa shape index (κ3) is 4.73. The largest absolute Gasteiger partial charge is 0.481 e. The summed E-state index contributed by atoms with van der Waals surface area (Å²) in [6, 6.07) is 3.41. The van der Waals surface area contributed by atoms with E-state index in [2.05, 4.69) is 15.0 Å². The molecule has 2 aromatic heterocycles. The number of halogens is 3. The number of nitrogens with zero attached hydrogens (tertiary/aromatic N) is 4. The number of fused-ring (bicyclic) bond motifs is 1. The minimum Gasteiger partial charge on any atom is -0.481 e. The summed E-state index contributed by atoms with van der Waals surface area (Å²) in [5, 5.41) is 8.76. The van der Waals surface area contributed by atoms with Crippen molar-refractivity contribution in [3.63, 3.8) is 0 Å². The van der Waals surface area contributed by atoms with Crippen LogP contribution in [0.3, 0.4) is 0 Å². The Hall–Kier alpha value is -3.37. The van der Waals surface area contributed by atoms with Gasteiger partial charge in [-0.25, -0.2) is 14.8 Å². The van der Waals surface area contributed by atoms with Crippen LogP contribution in [0.25, 0.3) is 22.7 Å². The SMILES string of the molecule is Cc1cc(-c2nc3cnc(N(C)CC(F)(F)F)nc3o2)cc(C)c1OCC(=O)O. The van der Waals surface area contributed by atoms with Gasteiger partial charge in [-0.2, -0.15) is 18.2 Å². The molecule has 0 amide bonds. The number of aliphatic carboxylic acids is 1. The zero-order valence-corrected chi connectivity index (χ0v) is 15.7. The Labute approximate surface area is 163 Å². The molecular weight excluding hydrogens is 393 g/mol. The van der Waals surface area contributed by atoms with Gasteiger partial charge in [0, 0.05) is 12.6 Å². The van der Waals surface area contributed by atoms with Gasteiger partial charge >= 0.3 is 12.1 Å². The van der Waals surface area contributed by atoms with Crippen LogP contribution >= 0.6 is 0 Å². The molecule has 29 heavy (non-hydrogen) atoms. The van der Waals surface area contributed by atoms with Crippen molar-refractivity contribution in [1.29, 1.82) is 0 Å². The lowest BCUT2D eigenvalue weighted by Gasteiger charge is -2.17. The second kappa shape index (κ2) is 7.57. The maximum Gasteiger partial charge on any atom is 0.406 e. The van der Waals surface area contributed by atoms with E-state index in [4.69, 9.17) is 14.3 Å². The van der Waals surface area contributed by atoms with Crippen molar-refractivity contribution in [2.24, 2.45) is 0 Å². The lowest BCUT2D eigenvalue weighted by atomic mass is 10.1. The van der Waals surface area contributed by atoms with Gasteiger partial charge in [0.15, 0.2) is 6.61 Å². The molecule has 0 fully saturated rings. The molecule has 0 spiro atoms. The van der Waals surface area contributed by atoms with Crippen molar-refractivity contribution in [2.75, 3.05) is 25.1 Å². The van der Waals surface area contributed by atoms with Gasteiger partial charge in [0.05, 0.1) is 6.20 Å². The minimum absolute atomic E-state index is 0.0561. The molecule has 0 saturated carbocycles. The number of rotatable bonds is 6. The molecule has 0 bridgehead atoms. The Kier molecular flexibility index (Phi) is 5.31. The number of aryl methyl sites for hydroxylation is 2. The molecular formula is C18H17F3N4O4. The van der Waals surface area contributed by atoms with E-state index in [1.165, 1.54) is 13.2 Å². The third-order valence-corrected chi connectivity index (χ3v) is 3.94. The van der Waals surface area contributed by atoms with Crippen molar-refractivity contribution < 1.29 is 32.2 Å². The van der Waals surface area contributed by atoms with E-state index in [0.29, 0.717) is 28.0 Å². The highest BCUT2D eigenvalue weighted by Crippen LogP contribution is 2.31. The number of benzene rings is 1. The second-order valence-electron chi connectivity index (χ2n) is 6.47. The maximum atomic E-state index is 12.6. The zero-order valence-electron chi connectivity index (χ0n) is 15.7. The monoisotopic (exact) mass is 410 g/mol. The molecule has 11 heteroatoms. The fourth-order valence-electron chi connectivity index (χ4n) is 2.81. The number of oxazole rings is 1. The highest BCUT2D eigenvalue weighted by Gasteiger charge is 2.30. The summed E-state index contributed by atoms with van der Waals surface area (Å²) in [6.07, 6.45) is -3.10. The molecule has 0 aliphatic carbocycles. The van der Waals surface area contributed by atoms with Gasteiger partial charge < -0.3 is 19.2 Å². The fourth-order valence-corrected chi connectivity index (χ4v) is 2.81. The Bertz CT molecular complexity index is 1040. The summed E-state index contributed by atoms with van der Waals surface area (Å²) < 4.78 is 48.6. The van der Waals surface area contributed by atoms with E-state index in [1.807, 2.05) is 0 Å². The first kappa shape index (κ1) is 20.4. The highest BCUT2D eigenvalue weighted by molar-refractivity contribution is 5.74. The summed E-state index contributed by atoms with van der Waals surface area (Å²) in [6.45, 7) is 1.84. The molecule has 1 N–H and O–H groups in total. The van der Waals surface area contributed by atoms with Gasteiger partial charge in [-0.05, 0) is 37.1 Å². The van der Waals surface area contributed by atoms with Crippen LogP contribution in [-0.2, 0) is 4.79 Å². The summed E-state index contributed by atoms with van der Waals surface area (Å²) in [5.74, 6) is -0.567. The summed E-state index contributed by atoms with van der Waals surface area (Å²) >= 11 is 0. The van der Waals surface area contributed by atoms with Gasteiger partial charge in [-0.15, -0.1) is 0 Å².